The number of aromatic nitrogens is 4. The second-order valence-corrected chi connectivity index (χ2v) is 6.43. The van der Waals surface area contributed by atoms with Gasteiger partial charge in [-0.05, 0) is 31.2 Å². The number of rotatable bonds is 3. The van der Waals surface area contributed by atoms with E-state index in [9.17, 15) is 22.4 Å². The Hall–Kier alpha value is -3.82. The third-order valence-corrected chi connectivity index (χ3v) is 4.39. The van der Waals surface area contributed by atoms with Crippen LogP contribution in [0.25, 0.3) is 22.4 Å². The van der Waals surface area contributed by atoms with Crippen molar-refractivity contribution in [3.63, 3.8) is 0 Å². The Balaban J connectivity index is 1.67. The van der Waals surface area contributed by atoms with Crippen molar-refractivity contribution in [2.75, 3.05) is 5.43 Å². The first-order valence-corrected chi connectivity index (χ1v) is 8.68. The van der Waals surface area contributed by atoms with Gasteiger partial charge in [-0.1, -0.05) is 12.1 Å². The van der Waals surface area contributed by atoms with Crippen molar-refractivity contribution in [3.8, 4) is 11.4 Å². The molecule has 0 aliphatic carbocycles. The lowest BCUT2D eigenvalue weighted by Crippen LogP contribution is -2.23. The maximum atomic E-state index is 13.4. The highest BCUT2D eigenvalue weighted by Crippen LogP contribution is 2.34. The fraction of sp³-hybridized carbons (Fsp3) is 0.100. The van der Waals surface area contributed by atoms with Crippen molar-refractivity contribution in [3.05, 3.63) is 77.6 Å². The molecule has 3 heterocycles. The van der Waals surface area contributed by atoms with Gasteiger partial charge in [-0.3, -0.25) is 19.9 Å². The highest BCUT2D eigenvalue weighted by atomic mass is 19.4. The topological polar surface area (TPSA) is 72.7 Å². The van der Waals surface area contributed by atoms with Crippen LogP contribution in [0, 0.1) is 12.7 Å². The van der Waals surface area contributed by atoms with Gasteiger partial charge in [0, 0.05) is 24.2 Å². The van der Waals surface area contributed by atoms with E-state index in [0.717, 1.165) is 10.9 Å². The number of benzene rings is 1. The smallest absolute Gasteiger partial charge is 0.267 e. The second-order valence-electron chi connectivity index (χ2n) is 6.43. The Morgan fingerprint density at radius 1 is 1.13 bits per heavy atom. The van der Waals surface area contributed by atoms with Gasteiger partial charge in [-0.15, -0.1) is 0 Å². The number of hydrogen-bond donors (Lipinski definition) is 1. The molecule has 1 amide bonds. The molecule has 4 aromatic rings. The summed E-state index contributed by atoms with van der Waals surface area (Å²) in [5.41, 5.74) is 2.03. The Morgan fingerprint density at radius 3 is 2.63 bits per heavy atom. The molecule has 10 heteroatoms. The van der Waals surface area contributed by atoms with Crippen LogP contribution < -0.4 is 5.43 Å². The molecule has 0 radical (unpaired) electrons. The number of carbonyl (C=O) groups excluding carboxylic acids is 1. The van der Waals surface area contributed by atoms with Gasteiger partial charge >= 0.3 is 6.18 Å². The van der Waals surface area contributed by atoms with Gasteiger partial charge in [0.25, 0.3) is 5.91 Å². The summed E-state index contributed by atoms with van der Waals surface area (Å²) in [6.45, 7) is 1.55. The molecule has 0 bridgehead atoms. The lowest BCUT2D eigenvalue weighted by molar-refractivity contribution is -0.136. The summed E-state index contributed by atoms with van der Waals surface area (Å²) in [4.78, 5) is 24.7. The summed E-state index contributed by atoms with van der Waals surface area (Å²) < 4.78 is 54.2. The van der Waals surface area contributed by atoms with Crippen molar-refractivity contribution >= 4 is 16.9 Å². The van der Waals surface area contributed by atoms with E-state index in [4.69, 9.17) is 0 Å². The summed E-state index contributed by atoms with van der Waals surface area (Å²) in [7, 11) is 0. The lowest BCUT2D eigenvalue weighted by atomic mass is 10.2. The maximum absolute atomic E-state index is 13.4. The molecule has 152 valence electrons. The summed E-state index contributed by atoms with van der Waals surface area (Å²) in [5.74, 6) is -0.935. The molecule has 4 rings (SSSR count). The number of pyridine rings is 1. The van der Waals surface area contributed by atoms with Gasteiger partial charge in [0.2, 0.25) is 0 Å². The quantitative estimate of drug-likeness (QED) is 0.505. The van der Waals surface area contributed by atoms with E-state index in [-0.39, 0.29) is 28.1 Å². The van der Waals surface area contributed by atoms with Crippen molar-refractivity contribution < 1.29 is 22.4 Å². The van der Waals surface area contributed by atoms with Crippen LogP contribution in [0.15, 0.2) is 55.0 Å². The molecule has 0 unspecified atom stereocenters. The van der Waals surface area contributed by atoms with E-state index in [1.807, 2.05) is 0 Å². The standard InChI is InChI=1S/C20H13F4N5O/c1-11-14(9-26-18(27-11)12-4-2-5-13(21)8-12)19(30)28-29-10-15(20(22,23)24)17-16(29)6-3-7-25-17/h2-10H,1H3,(H,28,30). The molecule has 0 fully saturated rings. The van der Waals surface area contributed by atoms with Crippen LogP contribution in [0.5, 0.6) is 0 Å². The molecular formula is C20H13F4N5O. The van der Waals surface area contributed by atoms with Crippen LogP contribution in [0.3, 0.4) is 0 Å². The molecule has 0 saturated carbocycles. The summed E-state index contributed by atoms with van der Waals surface area (Å²) in [5, 5.41) is 0. The molecule has 1 aromatic carbocycles. The fourth-order valence-corrected chi connectivity index (χ4v) is 2.98. The van der Waals surface area contributed by atoms with Crippen molar-refractivity contribution in [2.24, 2.45) is 0 Å². The minimum Gasteiger partial charge on any atom is -0.267 e. The highest BCUT2D eigenvalue weighted by molar-refractivity contribution is 6.01. The van der Waals surface area contributed by atoms with Crippen LogP contribution in [0.4, 0.5) is 17.6 Å². The van der Waals surface area contributed by atoms with Crippen LogP contribution in [-0.2, 0) is 6.18 Å². The fourth-order valence-electron chi connectivity index (χ4n) is 2.98. The first kappa shape index (κ1) is 19.5. The van der Waals surface area contributed by atoms with Gasteiger partial charge < -0.3 is 0 Å². The molecule has 3 aromatic heterocycles. The van der Waals surface area contributed by atoms with E-state index in [2.05, 4.69) is 20.4 Å². The van der Waals surface area contributed by atoms with E-state index in [0.29, 0.717) is 5.56 Å². The van der Waals surface area contributed by atoms with Gasteiger partial charge in [-0.2, -0.15) is 13.2 Å². The zero-order valence-electron chi connectivity index (χ0n) is 15.4. The number of amides is 1. The van der Waals surface area contributed by atoms with Crippen molar-refractivity contribution in [1.29, 1.82) is 0 Å². The minimum absolute atomic E-state index is 0.0643. The third-order valence-electron chi connectivity index (χ3n) is 4.39. The second kappa shape index (κ2) is 7.21. The van der Waals surface area contributed by atoms with Gasteiger partial charge in [-0.25, -0.2) is 14.4 Å². The van der Waals surface area contributed by atoms with E-state index < -0.39 is 23.5 Å². The molecular weight excluding hydrogens is 402 g/mol. The number of nitrogens with one attached hydrogen (secondary N) is 1. The average Bonchev–Trinajstić information content (AvgIpc) is 3.07. The molecule has 0 atom stereocenters. The minimum atomic E-state index is -4.63. The number of aryl methyl sites for hydroxylation is 1. The van der Waals surface area contributed by atoms with Gasteiger partial charge in [0.15, 0.2) is 5.82 Å². The van der Waals surface area contributed by atoms with Crippen LogP contribution in [0.2, 0.25) is 0 Å². The molecule has 30 heavy (non-hydrogen) atoms. The van der Waals surface area contributed by atoms with E-state index in [1.165, 1.54) is 42.7 Å². The zero-order valence-corrected chi connectivity index (χ0v) is 15.4. The number of hydrogen-bond acceptors (Lipinski definition) is 4. The first-order chi connectivity index (χ1) is 14.2. The van der Waals surface area contributed by atoms with Gasteiger partial charge in [0.1, 0.15) is 16.9 Å². The molecule has 0 aliphatic rings. The number of nitrogens with zero attached hydrogens (tertiary/aromatic N) is 4. The summed E-state index contributed by atoms with van der Waals surface area (Å²) in [6, 6.07) is 8.54. The number of halogens is 4. The van der Waals surface area contributed by atoms with Crippen LogP contribution >= 0.6 is 0 Å². The largest absolute Gasteiger partial charge is 0.420 e. The number of alkyl halides is 3. The Kier molecular flexibility index (Phi) is 4.69. The molecule has 0 saturated heterocycles. The predicted molar refractivity (Wildman–Crippen MR) is 101 cm³/mol. The molecule has 6 nitrogen and oxygen atoms in total. The van der Waals surface area contributed by atoms with E-state index >= 15 is 0 Å². The Labute approximate surface area is 167 Å². The Morgan fingerprint density at radius 2 is 1.93 bits per heavy atom. The summed E-state index contributed by atoms with van der Waals surface area (Å²) in [6.07, 6.45) is -1.37. The maximum Gasteiger partial charge on any atom is 0.420 e. The van der Waals surface area contributed by atoms with Crippen molar-refractivity contribution in [1.82, 2.24) is 19.6 Å². The normalized spacial score (nSPS) is 11.6. The first-order valence-electron chi connectivity index (χ1n) is 8.68. The predicted octanol–water partition coefficient (Wildman–Crippen LogP) is 4.34. The third kappa shape index (κ3) is 3.59. The molecule has 0 spiro atoms. The van der Waals surface area contributed by atoms with Crippen LogP contribution in [0.1, 0.15) is 21.6 Å². The number of fused-ring (bicyclic) bond motifs is 1. The highest BCUT2D eigenvalue weighted by Gasteiger charge is 2.35. The van der Waals surface area contributed by atoms with Crippen molar-refractivity contribution in [2.45, 2.75) is 13.1 Å². The average molecular weight is 415 g/mol. The number of carbonyl (C=O) groups is 1. The van der Waals surface area contributed by atoms with Crippen LogP contribution in [-0.4, -0.2) is 25.5 Å². The van der Waals surface area contributed by atoms with E-state index in [1.54, 1.807) is 13.0 Å². The lowest BCUT2D eigenvalue weighted by Gasteiger charge is -2.10. The monoisotopic (exact) mass is 415 g/mol. The molecule has 1 N–H and O–H groups in total. The summed E-state index contributed by atoms with van der Waals surface area (Å²) >= 11 is 0. The SMILES string of the molecule is Cc1nc(-c2cccc(F)c2)ncc1C(=O)Nn1cc(C(F)(F)F)c2ncccc21. The zero-order chi connectivity index (χ0) is 21.5. The Bertz CT molecular complexity index is 1270. The van der Waals surface area contributed by atoms with Gasteiger partial charge in [0.05, 0.1) is 16.8 Å². The molecule has 0 aliphatic heterocycles.